The zero-order valence-electron chi connectivity index (χ0n) is 13.4. The molecule has 1 amide bonds. The van der Waals surface area contributed by atoms with Crippen LogP contribution in [0.4, 0.5) is 5.69 Å². The summed E-state index contributed by atoms with van der Waals surface area (Å²) in [6.45, 7) is 0. The number of carbonyl (C=O) groups is 1. The number of halogens is 2. The summed E-state index contributed by atoms with van der Waals surface area (Å²) in [5.74, 6) is 0.593. The molecule has 0 fully saturated rings. The topological polar surface area (TPSA) is 66.0 Å². The third-order valence-corrected chi connectivity index (χ3v) is 4.75. The van der Waals surface area contributed by atoms with E-state index < -0.39 is 5.91 Å². The SMILES string of the molecule is N#CC(=Cc1ccc(-c2ccc(Br)cc2)o1)C(=O)Nc1ccccc1Br. The first-order valence-corrected chi connectivity index (χ1v) is 9.19. The van der Waals surface area contributed by atoms with Gasteiger partial charge in [-0.25, -0.2) is 0 Å². The summed E-state index contributed by atoms with van der Waals surface area (Å²) < 4.78 is 7.45. The number of benzene rings is 2. The van der Waals surface area contributed by atoms with Gasteiger partial charge < -0.3 is 9.73 Å². The summed E-state index contributed by atoms with van der Waals surface area (Å²) in [5.41, 5.74) is 1.45. The van der Waals surface area contributed by atoms with Crippen molar-refractivity contribution in [3.63, 3.8) is 0 Å². The fourth-order valence-electron chi connectivity index (χ4n) is 2.24. The molecule has 0 saturated carbocycles. The molecule has 2 aromatic carbocycles. The number of nitriles is 1. The quantitative estimate of drug-likeness (QED) is 0.373. The number of furan rings is 1. The summed E-state index contributed by atoms with van der Waals surface area (Å²) in [6.07, 6.45) is 1.43. The molecule has 1 N–H and O–H groups in total. The lowest BCUT2D eigenvalue weighted by Crippen LogP contribution is -2.13. The van der Waals surface area contributed by atoms with E-state index in [9.17, 15) is 10.1 Å². The van der Waals surface area contributed by atoms with Crippen LogP contribution in [0, 0.1) is 11.3 Å². The summed E-state index contributed by atoms with van der Waals surface area (Å²) in [6, 6.07) is 20.3. The van der Waals surface area contributed by atoms with Gasteiger partial charge in [-0.15, -0.1) is 0 Å². The molecule has 0 atom stereocenters. The highest BCUT2D eigenvalue weighted by atomic mass is 79.9. The van der Waals surface area contributed by atoms with Gasteiger partial charge in [0.15, 0.2) is 0 Å². The lowest BCUT2D eigenvalue weighted by Gasteiger charge is -2.05. The fraction of sp³-hybridized carbons (Fsp3) is 0. The third-order valence-electron chi connectivity index (χ3n) is 3.53. The Morgan fingerprint density at radius 3 is 2.46 bits per heavy atom. The van der Waals surface area contributed by atoms with Crippen LogP contribution in [-0.2, 0) is 4.79 Å². The molecule has 0 bridgehead atoms. The molecule has 128 valence electrons. The second kappa shape index (κ2) is 8.17. The van der Waals surface area contributed by atoms with E-state index in [1.807, 2.05) is 42.5 Å². The molecular formula is C20H12Br2N2O2. The highest BCUT2D eigenvalue weighted by Gasteiger charge is 2.12. The van der Waals surface area contributed by atoms with E-state index in [0.717, 1.165) is 14.5 Å². The van der Waals surface area contributed by atoms with E-state index in [2.05, 4.69) is 37.2 Å². The van der Waals surface area contributed by atoms with E-state index >= 15 is 0 Å². The molecule has 0 aliphatic rings. The minimum atomic E-state index is -0.499. The molecule has 0 radical (unpaired) electrons. The highest BCUT2D eigenvalue weighted by Crippen LogP contribution is 2.26. The molecule has 0 saturated heterocycles. The average molecular weight is 472 g/mol. The van der Waals surface area contributed by atoms with E-state index in [4.69, 9.17) is 4.42 Å². The summed E-state index contributed by atoms with van der Waals surface area (Å²) in [5, 5.41) is 12.0. The van der Waals surface area contributed by atoms with Crippen LogP contribution in [0.5, 0.6) is 0 Å². The van der Waals surface area contributed by atoms with Crippen LogP contribution in [0.15, 0.2) is 79.6 Å². The Kier molecular flexibility index (Phi) is 5.71. The Labute approximate surface area is 167 Å². The maximum atomic E-state index is 12.3. The second-order valence-electron chi connectivity index (χ2n) is 5.31. The molecule has 3 rings (SSSR count). The van der Waals surface area contributed by atoms with Gasteiger partial charge in [0.1, 0.15) is 23.2 Å². The number of nitrogens with one attached hydrogen (secondary N) is 1. The Hall–Kier alpha value is -2.62. The number of anilines is 1. The summed E-state index contributed by atoms with van der Waals surface area (Å²) in [4.78, 5) is 12.3. The van der Waals surface area contributed by atoms with Crippen LogP contribution in [0.25, 0.3) is 17.4 Å². The average Bonchev–Trinajstić information content (AvgIpc) is 3.10. The smallest absolute Gasteiger partial charge is 0.266 e. The summed E-state index contributed by atoms with van der Waals surface area (Å²) >= 11 is 6.75. The van der Waals surface area contributed by atoms with Crippen LogP contribution in [0.3, 0.4) is 0 Å². The van der Waals surface area contributed by atoms with Gasteiger partial charge in [-0.3, -0.25) is 4.79 Å². The number of nitrogens with zero attached hydrogens (tertiary/aromatic N) is 1. The van der Waals surface area contributed by atoms with Crippen LogP contribution >= 0.6 is 31.9 Å². The number of hydrogen-bond acceptors (Lipinski definition) is 3. The number of carbonyl (C=O) groups excluding carboxylic acids is 1. The zero-order valence-corrected chi connectivity index (χ0v) is 16.5. The second-order valence-corrected chi connectivity index (χ2v) is 7.08. The van der Waals surface area contributed by atoms with Crippen molar-refractivity contribution in [1.82, 2.24) is 0 Å². The molecule has 3 aromatic rings. The molecule has 0 spiro atoms. The Bertz CT molecular complexity index is 1010. The molecule has 0 aliphatic carbocycles. The maximum absolute atomic E-state index is 12.3. The minimum Gasteiger partial charge on any atom is -0.457 e. The largest absolute Gasteiger partial charge is 0.457 e. The fourth-order valence-corrected chi connectivity index (χ4v) is 2.89. The first-order chi connectivity index (χ1) is 12.6. The van der Waals surface area contributed by atoms with Crippen molar-refractivity contribution >= 4 is 49.5 Å². The number of hydrogen-bond donors (Lipinski definition) is 1. The molecule has 0 aliphatic heterocycles. The van der Waals surface area contributed by atoms with E-state index in [-0.39, 0.29) is 5.57 Å². The van der Waals surface area contributed by atoms with Crippen molar-refractivity contribution in [1.29, 1.82) is 5.26 Å². The normalized spacial score (nSPS) is 11.0. The number of amides is 1. The van der Waals surface area contributed by atoms with Gasteiger partial charge in [-0.1, -0.05) is 40.2 Å². The third kappa shape index (κ3) is 4.31. The van der Waals surface area contributed by atoms with Gasteiger partial charge in [-0.05, 0) is 52.3 Å². The van der Waals surface area contributed by atoms with Crippen molar-refractivity contribution in [2.24, 2.45) is 0 Å². The lowest BCUT2D eigenvalue weighted by atomic mass is 10.2. The van der Waals surface area contributed by atoms with Crippen LogP contribution in [0.2, 0.25) is 0 Å². The predicted molar refractivity (Wildman–Crippen MR) is 108 cm³/mol. The Morgan fingerprint density at radius 2 is 1.77 bits per heavy atom. The Morgan fingerprint density at radius 1 is 1.04 bits per heavy atom. The minimum absolute atomic E-state index is 0.0440. The van der Waals surface area contributed by atoms with Gasteiger partial charge in [-0.2, -0.15) is 5.26 Å². The summed E-state index contributed by atoms with van der Waals surface area (Å²) in [7, 11) is 0. The molecule has 6 heteroatoms. The van der Waals surface area contributed by atoms with Crippen molar-refractivity contribution in [2.45, 2.75) is 0 Å². The maximum Gasteiger partial charge on any atom is 0.266 e. The van der Waals surface area contributed by atoms with Crippen molar-refractivity contribution in [3.8, 4) is 17.4 Å². The number of rotatable bonds is 4. The first kappa shape index (κ1) is 18.2. The highest BCUT2D eigenvalue weighted by molar-refractivity contribution is 9.10. The van der Waals surface area contributed by atoms with Gasteiger partial charge in [0.05, 0.1) is 5.69 Å². The van der Waals surface area contributed by atoms with E-state index in [1.54, 1.807) is 24.3 Å². The molecular weight excluding hydrogens is 460 g/mol. The standard InChI is InChI=1S/C20H12Br2N2O2/c21-15-7-5-13(6-8-15)19-10-9-16(26-19)11-14(12-23)20(25)24-18-4-2-1-3-17(18)22/h1-11H,(H,24,25). The van der Waals surface area contributed by atoms with Crippen LogP contribution < -0.4 is 5.32 Å². The molecule has 4 nitrogen and oxygen atoms in total. The predicted octanol–water partition coefficient (Wildman–Crippen LogP) is 6.02. The zero-order chi connectivity index (χ0) is 18.5. The molecule has 1 aromatic heterocycles. The van der Waals surface area contributed by atoms with Gasteiger partial charge in [0.25, 0.3) is 5.91 Å². The monoisotopic (exact) mass is 470 g/mol. The van der Waals surface area contributed by atoms with Crippen molar-refractivity contribution in [2.75, 3.05) is 5.32 Å². The van der Waals surface area contributed by atoms with Crippen LogP contribution in [0.1, 0.15) is 5.76 Å². The molecule has 26 heavy (non-hydrogen) atoms. The molecule has 1 heterocycles. The van der Waals surface area contributed by atoms with E-state index in [1.165, 1.54) is 6.08 Å². The first-order valence-electron chi connectivity index (χ1n) is 7.60. The van der Waals surface area contributed by atoms with Gasteiger partial charge >= 0.3 is 0 Å². The van der Waals surface area contributed by atoms with Crippen LogP contribution in [-0.4, -0.2) is 5.91 Å². The van der Waals surface area contributed by atoms with Gasteiger partial charge in [0.2, 0.25) is 0 Å². The molecule has 0 unspecified atom stereocenters. The van der Waals surface area contributed by atoms with Crippen molar-refractivity contribution < 1.29 is 9.21 Å². The van der Waals surface area contributed by atoms with Crippen molar-refractivity contribution in [3.05, 3.63) is 80.9 Å². The number of para-hydroxylation sites is 1. The van der Waals surface area contributed by atoms with E-state index in [0.29, 0.717) is 17.2 Å². The van der Waals surface area contributed by atoms with Gasteiger partial charge in [0, 0.05) is 20.6 Å². The lowest BCUT2D eigenvalue weighted by molar-refractivity contribution is -0.112. The Balaban J connectivity index is 1.81.